The predicted octanol–water partition coefficient (Wildman–Crippen LogP) is 3.09. The molecule has 6 rings (SSSR count). The maximum atomic E-state index is 13.2. The van der Waals surface area contributed by atoms with E-state index in [4.69, 9.17) is 9.57 Å². The number of para-hydroxylation sites is 1. The zero-order chi connectivity index (χ0) is 18.8. The van der Waals surface area contributed by atoms with Gasteiger partial charge in [0.2, 0.25) is 5.60 Å². The van der Waals surface area contributed by atoms with Gasteiger partial charge in [-0.2, -0.15) is 5.06 Å². The second kappa shape index (κ2) is 5.66. The van der Waals surface area contributed by atoms with Crippen molar-refractivity contribution in [2.75, 3.05) is 13.7 Å². The Morgan fingerprint density at radius 1 is 1.41 bits per heavy atom. The number of methoxy groups -OCH3 is 1. The molecular weight excluding hydrogens is 344 g/mol. The summed E-state index contributed by atoms with van der Waals surface area (Å²) in [5.74, 6) is -0.374. The quantitative estimate of drug-likeness (QED) is 0.613. The normalized spacial score (nSPS) is 33.7. The molecule has 0 aliphatic carbocycles. The molecule has 27 heavy (non-hydrogen) atoms. The van der Waals surface area contributed by atoms with E-state index in [2.05, 4.69) is 17.6 Å². The van der Waals surface area contributed by atoms with Crippen LogP contribution >= 0.6 is 0 Å². The highest BCUT2D eigenvalue weighted by Gasteiger charge is 2.67. The van der Waals surface area contributed by atoms with E-state index >= 15 is 0 Å². The molecular formula is C21H24N2O4. The van der Waals surface area contributed by atoms with Crippen LogP contribution in [0.5, 0.6) is 0 Å². The number of carbonyl (C=O) groups excluding carboxylic acids is 2. The van der Waals surface area contributed by atoms with E-state index in [1.807, 2.05) is 23.3 Å². The largest absolute Gasteiger partial charge is 0.467 e. The van der Waals surface area contributed by atoms with Crippen LogP contribution in [-0.4, -0.2) is 35.5 Å². The molecule has 0 radical (unpaired) electrons. The maximum absolute atomic E-state index is 13.2. The summed E-state index contributed by atoms with van der Waals surface area (Å²) in [4.78, 5) is 31.0. The lowest BCUT2D eigenvalue weighted by Gasteiger charge is -2.62. The number of rotatable bonds is 4. The number of benzene rings is 1. The van der Waals surface area contributed by atoms with Gasteiger partial charge >= 0.3 is 5.97 Å². The Morgan fingerprint density at radius 2 is 2.22 bits per heavy atom. The summed E-state index contributed by atoms with van der Waals surface area (Å²) in [6.45, 7) is 2.99. The molecule has 142 valence electrons. The summed E-state index contributed by atoms with van der Waals surface area (Å²) in [5, 5.41) is 3.02. The fraction of sp³-hybridized carbons (Fsp3) is 0.524. The Balaban J connectivity index is 1.91. The third kappa shape index (κ3) is 1.92. The van der Waals surface area contributed by atoms with Gasteiger partial charge in [0.05, 0.1) is 18.3 Å². The van der Waals surface area contributed by atoms with Crippen molar-refractivity contribution in [3.63, 3.8) is 0 Å². The van der Waals surface area contributed by atoms with Crippen LogP contribution in [0.4, 0.5) is 0 Å². The minimum absolute atomic E-state index is 0.0437. The number of hydrogen-bond donors (Lipinski definition) is 0. The summed E-state index contributed by atoms with van der Waals surface area (Å²) < 4.78 is 7.54. The van der Waals surface area contributed by atoms with Gasteiger partial charge in [0.15, 0.2) is 0 Å². The number of aromatic nitrogens is 1. The molecule has 0 N–H and O–H groups in total. The Morgan fingerprint density at radius 3 is 2.96 bits per heavy atom. The molecule has 2 saturated heterocycles. The first-order chi connectivity index (χ1) is 13.1. The third-order valence-electron chi connectivity index (χ3n) is 6.90. The number of hydrogen-bond acceptors (Lipinski definition) is 5. The van der Waals surface area contributed by atoms with E-state index in [-0.39, 0.29) is 24.0 Å². The fourth-order valence-electron chi connectivity index (χ4n) is 5.85. The molecule has 1 aromatic carbocycles. The highest BCUT2D eigenvalue weighted by molar-refractivity contribution is 5.92. The third-order valence-corrected chi connectivity index (χ3v) is 6.90. The molecule has 4 atom stereocenters. The first kappa shape index (κ1) is 17.0. The average Bonchev–Trinajstić information content (AvgIpc) is 3.03. The van der Waals surface area contributed by atoms with Gasteiger partial charge in [0.25, 0.3) is 0 Å². The lowest BCUT2D eigenvalue weighted by Crippen LogP contribution is -2.66. The molecule has 1 unspecified atom stereocenters. The van der Waals surface area contributed by atoms with Gasteiger partial charge in [0, 0.05) is 30.2 Å². The van der Waals surface area contributed by atoms with Gasteiger partial charge in [-0.05, 0) is 30.9 Å². The predicted molar refractivity (Wildman–Crippen MR) is 98.8 cm³/mol. The summed E-state index contributed by atoms with van der Waals surface area (Å²) >= 11 is 0. The van der Waals surface area contributed by atoms with Gasteiger partial charge in [0.1, 0.15) is 12.5 Å². The number of carbonyl (C=O) groups is 2. The minimum Gasteiger partial charge on any atom is -0.467 e. The molecule has 0 spiro atoms. The number of aldehydes is 1. The van der Waals surface area contributed by atoms with Crippen LogP contribution in [-0.2, 0) is 31.2 Å². The second-order valence-electron chi connectivity index (χ2n) is 8.01. The van der Waals surface area contributed by atoms with E-state index in [1.54, 1.807) is 0 Å². The molecule has 6 heteroatoms. The average molecular weight is 368 g/mol. The number of esters is 1. The molecule has 1 aromatic heterocycles. The molecule has 4 aliphatic heterocycles. The standard InChI is InChI=1S/C21H24N2O4/c1-3-20-10-6-11-22-18(20)23-16-8-5-4-7-14(16)15(9-12-24)17(23)21(13-20,27-22)19(25)26-2/h4-5,7-8,12,18H,3,6,9-11,13H2,1-2H3/t18-,20+,21-/m1/s1. The van der Waals surface area contributed by atoms with Crippen molar-refractivity contribution in [3.8, 4) is 0 Å². The molecule has 6 nitrogen and oxygen atoms in total. The Labute approximate surface area is 158 Å². The summed E-state index contributed by atoms with van der Waals surface area (Å²) in [6.07, 6.45) is 4.89. The van der Waals surface area contributed by atoms with Crippen molar-refractivity contribution in [1.29, 1.82) is 0 Å². The SMILES string of the molecule is CC[C@]12CCCN3O[C@](C(=O)OC)(C1)c1c(CC=O)c4ccccc4n1[C@@H]32. The number of hydroxylamine groups is 2. The molecule has 2 aromatic rings. The topological polar surface area (TPSA) is 60.8 Å². The summed E-state index contributed by atoms with van der Waals surface area (Å²) in [7, 11) is 1.41. The van der Waals surface area contributed by atoms with Crippen LogP contribution in [0, 0.1) is 5.41 Å². The number of nitrogens with zero attached hydrogens (tertiary/aromatic N) is 2. The van der Waals surface area contributed by atoms with Crippen LogP contribution in [0.15, 0.2) is 24.3 Å². The van der Waals surface area contributed by atoms with Crippen molar-refractivity contribution in [1.82, 2.24) is 9.63 Å². The lowest BCUT2D eigenvalue weighted by atomic mass is 9.63. The Hall–Kier alpha value is -2.18. The van der Waals surface area contributed by atoms with E-state index < -0.39 is 5.60 Å². The van der Waals surface area contributed by atoms with Crippen molar-refractivity contribution >= 4 is 23.2 Å². The van der Waals surface area contributed by atoms with E-state index in [9.17, 15) is 9.59 Å². The molecule has 0 amide bonds. The minimum atomic E-state index is -1.18. The van der Waals surface area contributed by atoms with Gasteiger partial charge in [-0.15, -0.1) is 0 Å². The monoisotopic (exact) mass is 368 g/mol. The fourth-order valence-corrected chi connectivity index (χ4v) is 5.85. The van der Waals surface area contributed by atoms with Gasteiger partial charge in [-0.1, -0.05) is 25.1 Å². The number of piperidine rings is 1. The molecule has 4 aliphatic rings. The van der Waals surface area contributed by atoms with Crippen molar-refractivity contribution in [2.24, 2.45) is 5.41 Å². The van der Waals surface area contributed by atoms with Crippen LogP contribution in [0.3, 0.4) is 0 Å². The molecule has 4 bridgehead atoms. The van der Waals surface area contributed by atoms with Gasteiger partial charge in [-0.3, -0.25) is 4.84 Å². The Kier molecular flexibility index (Phi) is 3.55. The lowest BCUT2D eigenvalue weighted by molar-refractivity contribution is -0.377. The first-order valence-electron chi connectivity index (χ1n) is 9.72. The van der Waals surface area contributed by atoms with E-state index in [0.29, 0.717) is 6.42 Å². The van der Waals surface area contributed by atoms with Gasteiger partial charge < -0.3 is 14.1 Å². The van der Waals surface area contributed by atoms with Crippen LogP contribution < -0.4 is 0 Å². The summed E-state index contributed by atoms with van der Waals surface area (Å²) in [5.41, 5.74) is 1.54. The van der Waals surface area contributed by atoms with Crippen molar-refractivity contribution in [3.05, 3.63) is 35.5 Å². The van der Waals surface area contributed by atoms with Crippen molar-refractivity contribution < 1.29 is 19.2 Å². The van der Waals surface area contributed by atoms with E-state index in [1.165, 1.54) is 7.11 Å². The Bertz CT molecular complexity index is 951. The molecule has 5 heterocycles. The smallest absolute Gasteiger partial charge is 0.346 e. The highest BCUT2D eigenvalue weighted by atomic mass is 16.7. The zero-order valence-electron chi connectivity index (χ0n) is 15.7. The maximum Gasteiger partial charge on any atom is 0.346 e. The van der Waals surface area contributed by atoms with E-state index in [0.717, 1.165) is 54.3 Å². The number of ether oxygens (including phenoxy) is 1. The van der Waals surface area contributed by atoms with Crippen molar-refractivity contribution in [2.45, 2.75) is 50.8 Å². The van der Waals surface area contributed by atoms with Crippen LogP contribution in [0.2, 0.25) is 0 Å². The van der Waals surface area contributed by atoms with Crippen LogP contribution in [0.25, 0.3) is 10.9 Å². The zero-order valence-corrected chi connectivity index (χ0v) is 15.7. The molecule has 2 fully saturated rings. The van der Waals surface area contributed by atoms with Crippen LogP contribution in [0.1, 0.15) is 50.0 Å². The van der Waals surface area contributed by atoms with Gasteiger partial charge in [-0.25, -0.2) is 4.79 Å². The second-order valence-corrected chi connectivity index (χ2v) is 8.01. The first-order valence-corrected chi connectivity index (χ1v) is 9.72. The molecule has 0 saturated carbocycles. The summed E-state index contributed by atoms with van der Waals surface area (Å²) in [6, 6.07) is 8.11. The highest BCUT2D eigenvalue weighted by Crippen LogP contribution is 2.64. The number of fused-ring (bicyclic) bond motifs is 1.